The predicted octanol–water partition coefficient (Wildman–Crippen LogP) is 3.47. The molecule has 0 saturated heterocycles. The van der Waals surface area contributed by atoms with Gasteiger partial charge in [-0.25, -0.2) is 0 Å². The van der Waals surface area contributed by atoms with Gasteiger partial charge in [0.2, 0.25) is 0 Å². The van der Waals surface area contributed by atoms with E-state index in [9.17, 15) is 0 Å². The first-order valence-electron chi connectivity index (χ1n) is 6.51. The molecule has 0 aliphatic heterocycles. The summed E-state index contributed by atoms with van der Waals surface area (Å²) < 4.78 is 5.59. The summed E-state index contributed by atoms with van der Waals surface area (Å²) in [5.41, 5.74) is 7.14. The van der Waals surface area contributed by atoms with Crippen molar-refractivity contribution in [2.45, 2.75) is 45.1 Å². The zero-order valence-corrected chi connectivity index (χ0v) is 11.8. The molecule has 2 rings (SSSR count). The maximum absolute atomic E-state index is 5.70. The lowest BCUT2D eigenvalue weighted by Gasteiger charge is -2.25. The summed E-state index contributed by atoms with van der Waals surface area (Å²) in [5.74, 6) is 1.27. The Labute approximate surface area is 108 Å². The first kappa shape index (κ1) is 13.1. The molecule has 1 aliphatic carbocycles. The van der Waals surface area contributed by atoms with Gasteiger partial charge in [-0.15, -0.1) is 11.3 Å². The van der Waals surface area contributed by atoms with E-state index in [2.05, 4.69) is 19.9 Å². The van der Waals surface area contributed by atoms with Crippen LogP contribution in [-0.4, -0.2) is 13.7 Å². The molecule has 3 atom stereocenters. The highest BCUT2D eigenvalue weighted by Crippen LogP contribution is 2.43. The molecule has 17 heavy (non-hydrogen) atoms. The van der Waals surface area contributed by atoms with Crippen molar-refractivity contribution in [1.82, 2.24) is 0 Å². The van der Waals surface area contributed by atoms with Gasteiger partial charge in [0.15, 0.2) is 0 Å². The molecule has 0 radical (unpaired) electrons. The third-order valence-electron chi connectivity index (χ3n) is 3.73. The van der Waals surface area contributed by atoms with Gasteiger partial charge in [0.25, 0.3) is 0 Å². The largest absolute Gasteiger partial charge is 0.377 e. The van der Waals surface area contributed by atoms with Gasteiger partial charge in [0, 0.05) is 16.9 Å². The Kier molecular flexibility index (Phi) is 4.23. The predicted molar refractivity (Wildman–Crippen MR) is 73.6 cm³/mol. The molecule has 1 aliphatic rings. The van der Waals surface area contributed by atoms with Crippen LogP contribution in [0.2, 0.25) is 0 Å². The van der Waals surface area contributed by atoms with Crippen LogP contribution in [0.25, 0.3) is 0 Å². The third kappa shape index (κ3) is 2.72. The molecule has 1 heterocycles. The average Bonchev–Trinajstić information content (AvgIpc) is 2.74. The minimum Gasteiger partial charge on any atom is -0.377 e. The van der Waals surface area contributed by atoms with Crippen molar-refractivity contribution in [1.29, 1.82) is 0 Å². The van der Waals surface area contributed by atoms with Gasteiger partial charge in [-0.3, -0.25) is 0 Å². The van der Waals surface area contributed by atoms with Crippen LogP contribution < -0.4 is 5.73 Å². The lowest BCUT2D eigenvalue weighted by Crippen LogP contribution is -2.12. The molecule has 1 aromatic rings. The standard InChI is InChI=1S/C14H23NOS/c1-9(8-15)6-11-7-12-13(16-3)5-4-10(2)14(12)17-11/h7,9-10,13H,4-6,8,15H2,1-3H3. The second-order valence-corrected chi connectivity index (χ2v) is 6.45. The van der Waals surface area contributed by atoms with E-state index in [-0.39, 0.29) is 0 Å². The first-order chi connectivity index (χ1) is 8.15. The molecule has 3 unspecified atom stereocenters. The number of hydrogen-bond donors (Lipinski definition) is 1. The van der Waals surface area contributed by atoms with E-state index in [1.165, 1.54) is 16.9 Å². The molecule has 1 aromatic heterocycles. The van der Waals surface area contributed by atoms with Gasteiger partial charge in [-0.05, 0) is 49.3 Å². The van der Waals surface area contributed by atoms with E-state index in [1.54, 1.807) is 4.88 Å². The van der Waals surface area contributed by atoms with Crippen LogP contribution in [0, 0.1) is 5.92 Å². The Balaban J connectivity index is 2.22. The molecule has 2 nitrogen and oxygen atoms in total. The third-order valence-corrected chi connectivity index (χ3v) is 5.14. The molecular formula is C14H23NOS. The van der Waals surface area contributed by atoms with Crippen molar-refractivity contribution in [2.75, 3.05) is 13.7 Å². The normalized spacial score (nSPS) is 25.6. The summed E-state index contributed by atoms with van der Waals surface area (Å²) >= 11 is 1.97. The van der Waals surface area contributed by atoms with E-state index in [0.717, 1.165) is 19.4 Å². The summed E-state index contributed by atoms with van der Waals surface area (Å²) in [5, 5.41) is 0. The fourth-order valence-corrected chi connectivity index (χ4v) is 4.03. The quantitative estimate of drug-likeness (QED) is 0.891. The molecule has 0 saturated carbocycles. The highest BCUT2D eigenvalue weighted by Gasteiger charge is 2.27. The highest BCUT2D eigenvalue weighted by molar-refractivity contribution is 7.12. The minimum absolute atomic E-state index is 0.319. The van der Waals surface area contributed by atoms with Gasteiger partial charge >= 0.3 is 0 Å². The summed E-state index contributed by atoms with van der Waals surface area (Å²) in [4.78, 5) is 3.02. The van der Waals surface area contributed by atoms with Crippen molar-refractivity contribution in [3.8, 4) is 0 Å². The topological polar surface area (TPSA) is 35.2 Å². The number of thiophene rings is 1. The first-order valence-corrected chi connectivity index (χ1v) is 7.32. The van der Waals surface area contributed by atoms with Crippen LogP contribution in [-0.2, 0) is 11.2 Å². The van der Waals surface area contributed by atoms with Gasteiger partial charge in [-0.2, -0.15) is 0 Å². The Morgan fingerprint density at radius 1 is 1.53 bits per heavy atom. The summed E-state index contributed by atoms with van der Waals surface area (Å²) in [6.07, 6.45) is 3.84. The van der Waals surface area contributed by atoms with Crippen LogP contribution in [0.1, 0.15) is 54.0 Å². The minimum atomic E-state index is 0.319. The van der Waals surface area contributed by atoms with Crippen molar-refractivity contribution in [3.63, 3.8) is 0 Å². The van der Waals surface area contributed by atoms with E-state index in [1.807, 2.05) is 18.4 Å². The molecule has 96 valence electrons. The molecule has 2 N–H and O–H groups in total. The van der Waals surface area contributed by atoms with Crippen molar-refractivity contribution < 1.29 is 4.74 Å². The average molecular weight is 253 g/mol. The number of hydrogen-bond acceptors (Lipinski definition) is 3. The number of methoxy groups -OCH3 is 1. The smallest absolute Gasteiger partial charge is 0.0832 e. The van der Waals surface area contributed by atoms with Crippen LogP contribution >= 0.6 is 11.3 Å². The zero-order chi connectivity index (χ0) is 12.4. The number of ether oxygens (including phenoxy) is 1. The Morgan fingerprint density at radius 3 is 2.94 bits per heavy atom. The van der Waals surface area contributed by atoms with E-state index >= 15 is 0 Å². The Morgan fingerprint density at radius 2 is 2.29 bits per heavy atom. The number of nitrogens with two attached hydrogens (primary N) is 1. The lowest BCUT2D eigenvalue weighted by molar-refractivity contribution is 0.0859. The van der Waals surface area contributed by atoms with E-state index in [4.69, 9.17) is 10.5 Å². The Bertz CT molecular complexity index is 374. The molecular weight excluding hydrogens is 230 g/mol. The highest BCUT2D eigenvalue weighted by atomic mass is 32.1. The van der Waals surface area contributed by atoms with Crippen LogP contribution in [0.3, 0.4) is 0 Å². The lowest BCUT2D eigenvalue weighted by atomic mass is 9.88. The second-order valence-electron chi connectivity index (χ2n) is 5.28. The van der Waals surface area contributed by atoms with Gasteiger partial charge in [-0.1, -0.05) is 13.8 Å². The Hall–Kier alpha value is -0.380. The summed E-state index contributed by atoms with van der Waals surface area (Å²) in [6, 6.07) is 2.36. The maximum atomic E-state index is 5.70. The molecule has 3 heteroatoms. The van der Waals surface area contributed by atoms with Gasteiger partial charge in [0.1, 0.15) is 0 Å². The molecule has 0 amide bonds. The molecule has 0 fully saturated rings. The SMILES string of the molecule is COC1CCC(C)c2sc(CC(C)CN)cc21. The van der Waals surface area contributed by atoms with E-state index < -0.39 is 0 Å². The zero-order valence-electron chi connectivity index (χ0n) is 11.0. The number of fused-ring (bicyclic) bond motifs is 1. The summed E-state index contributed by atoms with van der Waals surface area (Å²) in [7, 11) is 1.82. The van der Waals surface area contributed by atoms with Gasteiger partial charge in [0.05, 0.1) is 6.10 Å². The molecule has 0 bridgehead atoms. The van der Waals surface area contributed by atoms with Crippen molar-refractivity contribution in [2.24, 2.45) is 11.7 Å². The van der Waals surface area contributed by atoms with Crippen molar-refractivity contribution in [3.05, 3.63) is 21.4 Å². The maximum Gasteiger partial charge on any atom is 0.0832 e. The van der Waals surface area contributed by atoms with Gasteiger partial charge < -0.3 is 10.5 Å². The molecule has 0 spiro atoms. The fourth-order valence-electron chi connectivity index (χ4n) is 2.57. The molecule has 0 aromatic carbocycles. The van der Waals surface area contributed by atoms with Crippen LogP contribution in [0.15, 0.2) is 6.07 Å². The van der Waals surface area contributed by atoms with Crippen molar-refractivity contribution >= 4 is 11.3 Å². The van der Waals surface area contributed by atoms with Crippen LogP contribution in [0.4, 0.5) is 0 Å². The monoisotopic (exact) mass is 253 g/mol. The summed E-state index contributed by atoms with van der Waals surface area (Å²) in [6.45, 7) is 5.32. The fraction of sp³-hybridized carbons (Fsp3) is 0.714. The van der Waals surface area contributed by atoms with Crippen LogP contribution in [0.5, 0.6) is 0 Å². The van der Waals surface area contributed by atoms with E-state index in [0.29, 0.717) is 17.9 Å². The number of rotatable bonds is 4. The second kappa shape index (κ2) is 5.51.